The number of benzene rings is 1. The Bertz CT molecular complexity index is 277. The number of rotatable bonds is 1. The van der Waals surface area contributed by atoms with Crippen LogP contribution in [0.1, 0.15) is 5.56 Å². The van der Waals surface area contributed by atoms with Crippen LogP contribution in [0.4, 0.5) is 4.39 Å². The van der Waals surface area contributed by atoms with Crippen LogP contribution in [0, 0.1) is 5.82 Å². The Balaban J connectivity index is 3.21. The highest BCUT2D eigenvalue weighted by atomic mass is 79.9. The fourth-order valence-electron chi connectivity index (χ4n) is 0.720. The van der Waals surface area contributed by atoms with Gasteiger partial charge in [0.2, 0.25) is 0 Å². The van der Waals surface area contributed by atoms with Gasteiger partial charge in [0.15, 0.2) is 0 Å². The summed E-state index contributed by atoms with van der Waals surface area (Å²) in [7, 11) is 0. The summed E-state index contributed by atoms with van der Waals surface area (Å²) in [5.41, 5.74) is 6.16. The molecule has 0 radical (unpaired) electrons. The molecule has 1 aromatic carbocycles. The Kier molecular flexibility index (Phi) is 2.87. The van der Waals surface area contributed by atoms with Crippen LogP contribution in [-0.4, -0.2) is 0 Å². The molecular weight excluding hydrogens is 232 g/mol. The van der Waals surface area contributed by atoms with E-state index in [9.17, 15) is 4.39 Å². The van der Waals surface area contributed by atoms with Crippen molar-refractivity contribution in [1.82, 2.24) is 0 Å². The zero-order valence-corrected chi connectivity index (χ0v) is 7.91. The largest absolute Gasteiger partial charge is 0.326 e. The molecule has 0 aliphatic rings. The van der Waals surface area contributed by atoms with Gasteiger partial charge < -0.3 is 5.73 Å². The van der Waals surface area contributed by atoms with Gasteiger partial charge in [-0.15, -0.1) is 0 Å². The summed E-state index contributed by atoms with van der Waals surface area (Å²) in [5.74, 6) is -0.434. The van der Waals surface area contributed by atoms with E-state index < -0.39 is 5.82 Å². The lowest BCUT2D eigenvalue weighted by Crippen LogP contribution is -1.97. The third kappa shape index (κ3) is 1.92. The molecule has 0 amide bonds. The van der Waals surface area contributed by atoms with E-state index in [1.54, 1.807) is 0 Å². The van der Waals surface area contributed by atoms with Crippen molar-refractivity contribution in [3.8, 4) is 0 Å². The lowest BCUT2D eigenvalue weighted by atomic mass is 10.2. The lowest BCUT2D eigenvalue weighted by Gasteiger charge is -2.01. The first-order valence-electron chi connectivity index (χ1n) is 2.98. The number of hydrogen-bond acceptors (Lipinski definition) is 1. The Morgan fingerprint density at radius 1 is 1.55 bits per heavy atom. The topological polar surface area (TPSA) is 26.0 Å². The van der Waals surface area contributed by atoms with Crippen LogP contribution < -0.4 is 5.73 Å². The van der Waals surface area contributed by atoms with Crippen LogP contribution in [0.3, 0.4) is 0 Å². The Hall–Kier alpha value is -0.120. The van der Waals surface area contributed by atoms with Crippen molar-refractivity contribution >= 4 is 27.5 Å². The molecule has 60 valence electrons. The van der Waals surface area contributed by atoms with Crippen LogP contribution in [0.5, 0.6) is 0 Å². The molecule has 0 atom stereocenters. The Morgan fingerprint density at radius 2 is 2.18 bits per heavy atom. The molecule has 1 rings (SSSR count). The molecule has 0 aliphatic carbocycles. The van der Waals surface area contributed by atoms with Gasteiger partial charge in [-0.1, -0.05) is 27.5 Å². The van der Waals surface area contributed by atoms with Gasteiger partial charge in [0, 0.05) is 11.0 Å². The van der Waals surface area contributed by atoms with Gasteiger partial charge >= 0.3 is 0 Å². The van der Waals surface area contributed by atoms with E-state index in [4.69, 9.17) is 17.3 Å². The molecule has 0 bridgehead atoms. The van der Waals surface area contributed by atoms with Crippen molar-refractivity contribution in [3.05, 3.63) is 33.0 Å². The lowest BCUT2D eigenvalue weighted by molar-refractivity contribution is 0.626. The van der Waals surface area contributed by atoms with Crippen molar-refractivity contribution in [2.24, 2.45) is 5.73 Å². The molecule has 0 fully saturated rings. The molecule has 0 saturated carbocycles. The van der Waals surface area contributed by atoms with Crippen LogP contribution >= 0.6 is 27.5 Å². The van der Waals surface area contributed by atoms with E-state index >= 15 is 0 Å². The first-order valence-corrected chi connectivity index (χ1v) is 4.15. The highest BCUT2D eigenvalue weighted by Crippen LogP contribution is 2.23. The summed E-state index contributed by atoms with van der Waals surface area (Å²) in [6.45, 7) is 0.348. The van der Waals surface area contributed by atoms with Gasteiger partial charge in [-0.3, -0.25) is 0 Å². The molecule has 1 nitrogen and oxygen atoms in total. The summed E-state index contributed by atoms with van der Waals surface area (Å²) >= 11 is 8.68. The van der Waals surface area contributed by atoms with Gasteiger partial charge in [0.1, 0.15) is 5.82 Å². The highest BCUT2D eigenvalue weighted by molar-refractivity contribution is 9.10. The second kappa shape index (κ2) is 3.52. The highest BCUT2D eigenvalue weighted by Gasteiger charge is 2.04. The molecule has 0 spiro atoms. The molecule has 0 aliphatic heterocycles. The minimum Gasteiger partial charge on any atom is -0.326 e. The fourth-order valence-corrected chi connectivity index (χ4v) is 1.38. The predicted octanol–water partition coefficient (Wildman–Crippen LogP) is 2.70. The summed E-state index contributed by atoms with van der Waals surface area (Å²) in [5, 5.41) is 0.105. The summed E-state index contributed by atoms with van der Waals surface area (Å²) in [6, 6.07) is 2.82. The molecule has 2 N–H and O–H groups in total. The zero-order chi connectivity index (χ0) is 8.43. The minimum absolute atomic E-state index is 0.105. The van der Waals surface area contributed by atoms with Gasteiger partial charge in [-0.25, -0.2) is 4.39 Å². The van der Waals surface area contributed by atoms with Crippen LogP contribution in [-0.2, 0) is 6.54 Å². The van der Waals surface area contributed by atoms with E-state index in [-0.39, 0.29) is 5.02 Å². The quantitative estimate of drug-likeness (QED) is 0.748. The molecule has 1 aromatic rings. The Morgan fingerprint density at radius 3 is 2.73 bits per heavy atom. The van der Waals surface area contributed by atoms with Crippen molar-refractivity contribution in [2.45, 2.75) is 6.54 Å². The SMILES string of the molecule is NCc1cc(Cl)c(F)cc1Br. The van der Waals surface area contributed by atoms with Crippen molar-refractivity contribution in [2.75, 3.05) is 0 Å². The number of halogens is 3. The smallest absolute Gasteiger partial charge is 0.142 e. The van der Waals surface area contributed by atoms with Gasteiger partial charge in [-0.05, 0) is 17.7 Å². The monoisotopic (exact) mass is 237 g/mol. The maximum absolute atomic E-state index is 12.7. The van der Waals surface area contributed by atoms with E-state index in [2.05, 4.69) is 15.9 Å². The van der Waals surface area contributed by atoms with Gasteiger partial charge in [0.05, 0.1) is 5.02 Å². The Labute approximate surface area is 77.5 Å². The molecule has 0 heterocycles. The van der Waals surface area contributed by atoms with E-state index in [1.165, 1.54) is 12.1 Å². The van der Waals surface area contributed by atoms with E-state index in [0.717, 1.165) is 5.56 Å². The fraction of sp³-hybridized carbons (Fsp3) is 0.143. The van der Waals surface area contributed by atoms with Gasteiger partial charge in [0.25, 0.3) is 0 Å². The normalized spacial score (nSPS) is 10.2. The van der Waals surface area contributed by atoms with Crippen molar-refractivity contribution in [3.63, 3.8) is 0 Å². The molecule has 0 saturated heterocycles. The maximum atomic E-state index is 12.7. The summed E-state index contributed by atoms with van der Waals surface area (Å²) in [4.78, 5) is 0. The standard InChI is InChI=1S/C7H6BrClFN/c8-5-2-7(10)6(9)1-4(5)3-11/h1-2H,3,11H2. The number of nitrogens with two attached hydrogens (primary N) is 1. The second-order valence-electron chi connectivity index (χ2n) is 2.06. The zero-order valence-electron chi connectivity index (χ0n) is 5.57. The summed E-state index contributed by atoms with van der Waals surface area (Å²) in [6.07, 6.45) is 0. The molecule has 4 heteroatoms. The molecular formula is C7H6BrClFN. The minimum atomic E-state index is -0.434. The molecule has 11 heavy (non-hydrogen) atoms. The molecule has 0 unspecified atom stereocenters. The van der Waals surface area contributed by atoms with Crippen molar-refractivity contribution < 1.29 is 4.39 Å². The number of hydrogen-bond donors (Lipinski definition) is 1. The maximum Gasteiger partial charge on any atom is 0.142 e. The van der Waals surface area contributed by atoms with E-state index in [1.807, 2.05) is 0 Å². The average molecular weight is 238 g/mol. The van der Waals surface area contributed by atoms with Crippen molar-refractivity contribution in [1.29, 1.82) is 0 Å². The first-order chi connectivity index (χ1) is 5.15. The van der Waals surface area contributed by atoms with Crippen LogP contribution in [0.2, 0.25) is 5.02 Å². The van der Waals surface area contributed by atoms with Crippen LogP contribution in [0.25, 0.3) is 0 Å². The van der Waals surface area contributed by atoms with Crippen LogP contribution in [0.15, 0.2) is 16.6 Å². The van der Waals surface area contributed by atoms with E-state index in [0.29, 0.717) is 11.0 Å². The van der Waals surface area contributed by atoms with Gasteiger partial charge in [-0.2, -0.15) is 0 Å². The second-order valence-corrected chi connectivity index (χ2v) is 3.32. The predicted molar refractivity (Wildman–Crippen MR) is 47.0 cm³/mol. The third-order valence-electron chi connectivity index (χ3n) is 1.31. The third-order valence-corrected chi connectivity index (χ3v) is 2.34. The molecule has 0 aromatic heterocycles. The average Bonchev–Trinajstić information content (AvgIpc) is 1.97. The summed E-state index contributed by atoms with van der Waals surface area (Å²) < 4.78 is 13.3. The first kappa shape index (κ1) is 8.97.